The molecule has 1 aromatic rings. The molecule has 0 saturated carbocycles. The maximum atomic E-state index is 11.2. The van der Waals surface area contributed by atoms with Gasteiger partial charge in [0.25, 0.3) is 0 Å². The summed E-state index contributed by atoms with van der Waals surface area (Å²) in [4.78, 5) is 0.405. The lowest BCUT2D eigenvalue weighted by Crippen LogP contribution is -2.02. The molecule has 0 aromatic heterocycles. The fraction of sp³-hybridized carbons (Fsp3) is 0.250. The average Bonchev–Trinajstić information content (AvgIpc) is 2.06. The van der Waals surface area contributed by atoms with E-state index >= 15 is 0 Å². The smallest absolute Gasteiger partial charge is 0.178 e. The van der Waals surface area contributed by atoms with Gasteiger partial charge in [0.2, 0.25) is 0 Å². The van der Waals surface area contributed by atoms with Crippen molar-refractivity contribution in [3.8, 4) is 0 Å². The van der Waals surface area contributed by atoms with Crippen LogP contribution >= 0.6 is 0 Å². The Kier molecular flexibility index (Phi) is 3.92. The molecule has 12 heavy (non-hydrogen) atoms. The number of rotatable bonds is 2. The Morgan fingerprint density at radius 3 is 2.08 bits per heavy atom. The van der Waals surface area contributed by atoms with Crippen LogP contribution < -0.4 is 6.15 Å². The summed E-state index contributed by atoms with van der Waals surface area (Å²) in [7, 11) is -3.00. The van der Waals surface area contributed by atoms with Crippen LogP contribution in [0.5, 0.6) is 0 Å². The Bertz CT molecular complexity index is 318. The lowest BCUT2D eigenvalue weighted by Gasteiger charge is -1.98. The van der Waals surface area contributed by atoms with Crippen molar-refractivity contribution in [2.75, 3.05) is 5.75 Å². The van der Waals surface area contributed by atoms with Crippen molar-refractivity contribution in [2.24, 2.45) is 0 Å². The van der Waals surface area contributed by atoms with Crippen molar-refractivity contribution in [3.63, 3.8) is 0 Å². The molecule has 0 spiro atoms. The summed E-state index contributed by atoms with van der Waals surface area (Å²) in [6.07, 6.45) is 0. The average molecular weight is 187 g/mol. The minimum atomic E-state index is -3.00. The number of benzene rings is 1. The van der Waals surface area contributed by atoms with Crippen LogP contribution in [0.25, 0.3) is 0 Å². The van der Waals surface area contributed by atoms with Gasteiger partial charge in [-0.05, 0) is 12.1 Å². The van der Waals surface area contributed by atoms with E-state index in [1.54, 1.807) is 37.3 Å². The second kappa shape index (κ2) is 4.23. The van der Waals surface area contributed by atoms with Crippen LogP contribution in [-0.2, 0) is 9.84 Å². The van der Waals surface area contributed by atoms with Gasteiger partial charge < -0.3 is 6.15 Å². The summed E-state index contributed by atoms with van der Waals surface area (Å²) in [6.45, 7) is 1.64. The van der Waals surface area contributed by atoms with Crippen LogP contribution in [-0.4, -0.2) is 14.2 Å². The second-order valence-corrected chi connectivity index (χ2v) is 4.49. The molecule has 3 N–H and O–H groups in total. The Morgan fingerprint density at radius 2 is 1.67 bits per heavy atom. The highest BCUT2D eigenvalue weighted by Gasteiger charge is 2.08. The van der Waals surface area contributed by atoms with Crippen molar-refractivity contribution in [1.82, 2.24) is 6.15 Å². The van der Waals surface area contributed by atoms with Crippen molar-refractivity contribution >= 4 is 9.84 Å². The fourth-order valence-corrected chi connectivity index (χ4v) is 1.70. The standard InChI is InChI=1S/C8H10O2S.H3N/c1-2-11(9,10)8-6-4-3-5-7-8;/h3-7H,2H2,1H3;1H3. The van der Waals surface area contributed by atoms with E-state index in [-0.39, 0.29) is 11.9 Å². The molecule has 0 atom stereocenters. The molecule has 1 rings (SSSR count). The Hall–Kier alpha value is -0.870. The van der Waals surface area contributed by atoms with Gasteiger partial charge in [-0.15, -0.1) is 0 Å². The summed E-state index contributed by atoms with van der Waals surface area (Å²) in [5.74, 6) is 0.164. The molecule has 0 aliphatic heterocycles. The predicted molar refractivity (Wildman–Crippen MR) is 49.2 cm³/mol. The van der Waals surface area contributed by atoms with Gasteiger partial charge >= 0.3 is 0 Å². The van der Waals surface area contributed by atoms with Gasteiger partial charge in [0.15, 0.2) is 9.84 Å². The molecular weight excluding hydrogens is 174 g/mol. The highest BCUT2D eigenvalue weighted by molar-refractivity contribution is 7.91. The highest BCUT2D eigenvalue weighted by Crippen LogP contribution is 2.08. The molecule has 0 unspecified atom stereocenters. The first-order valence-corrected chi connectivity index (χ1v) is 5.10. The minimum absolute atomic E-state index is 0. The fourth-order valence-electron chi connectivity index (χ4n) is 0.794. The molecule has 0 heterocycles. The third-order valence-corrected chi connectivity index (χ3v) is 3.23. The summed E-state index contributed by atoms with van der Waals surface area (Å²) in [5, 5.41) is 0. The summed E-state index contributed by atoms with van der Waals surface area (Å²) < 4.78 is 22.4. The van der Waals surface area contributed by atoms with E-state index < -0.39 is 9.84 Å². The van der Waals surface area contributed by atoms with E-state index in [1.165, 1.54) is 0 Å². The summed E-state index contributed by atoms with van der Waals surface area (Å²) >= 11 is 0. The van der Waals surface area contributed by atoms with Gasteiger partial charge in [-0.2, -0.15) is 0 Å². The molecular formula is C8H13NO2S. The van der Waals surface area contributed by atoms with Gasteiger partial charge in [0.05, 0.1) is 10.6 Å². The van der Waals surface area contributed by atoms with E-state index in [2.05, 4.69) is 0 Å². The Morgan fingerprint density at radius 1 is 1.17 bits per heavy atom. The SMILES string of the molecule is CCS(=O)(=O)c1ccccc1.N. The molecule has 3 nitrogen and oxygen atoms in total. The van der Waals surface area contributed by atoms with Crippen molar-refractivity contribution in [2.45, 2.75) is 11.8 Å². The quantitative estimate of drug-likeness (QED) is 0.765. The second-order valence-electron chi connectivity index (χ2n) is 2.22. The molecule has 0 saturated heterocycles. The van der Waals surface area contributed by atoms with E-state index in [0.717, 1.165) is 0 Å². The van der Waals surface area contributed by atoms with E-state index in [0.29, 0.717) is 4.90 Å². The molecule has 0 aliphatic carbocycles. The number of hydrogen-bond donors (Lipinski definition) is 1. The van der Waals surface area contributed by atoms with Gasteiger partial charge in [-0.25, -0.2) is 8.42 Å². The van der Waals surface area contributed by atoms with Gasteiger partial charge in [-0.3, -0.25) is 0 Å². The number of hydrogen-bond acceptors (Lipinski definition) is 3. The molecule has 0 amide bonds. The first kappa shape index (κ1) is 11.1. The van der Waals surface area contributed by atoms with Crippen LogP contribution in [0.4, 0.5) is 0 Å². The van der Waals surface area contributed by atoms with Crippen LogP contribution in [0.1, 0.15) is 6.92 Å². The topological polar surface area (TPSA) is 69.1 Å². The van der Waals surface area contributed by atoms with E-state index in [1.807, 2.05) is 0 Å². The van der Waals surface area contributed by atoms with Crippen LogP contribution in [0, 0.1) is 0 Å². The zero-order chi connectivity index (χ0) is 8.32. The normalized spacial score (nSPS) is 10.4. The molecule has 1 aromatic carbocycles. The van der Waals surface area contributed by atoms with Gasteiger partial charge in [0, 0.05) is 0 Å². The van der Waals surface area contributed by atoms with Crippen LogP contribution in [0.2, 0.25) is 0 Å². The Balaban J connectivity index is 0.00000121. The maximum Gasteiger partial charge on any atom is 0.178 e. The minimum Gasteiger partial charge on any atom is -0.344 e. The van der Waals surface area contributed by atoms with Crippen molar-refractivity contribution in [1.29, 1.82) is 0 Å². The number of sulfone groups is 1. The van der Waals surface area contributed by atoms with Crippen molar-refractivity contribution < 1.29 is 8.42 Å². The van der Waals surface area contributed by atoms with Crippen LogP contribution in [0.3, 0.4) is 0 Å². The third-order valence-electron chi connectivity index (χ3n) is 1.48. The lowest BCUT2D eigenvalue weighted by atomic mass is 10.4. The predicted octanol–water partition coefficient (Wildman–Crippen LogP) is 1.64. The first-order valence-electron chi connectivity index (χ1n) is 3.44. The molecule has 0 aliphatic rings. The molecule has 0 radical (unpaired) electrons. The third kappa shape index (κ3) is 2.32. The van der Waals surface area contributed by atoms with E-state index in [4.69, 9.17) is 0 Å². The first-order chi connectivity index (χ1) is 5.17. The highest BCUT2D eigenvalue weighted by atomic mass is 32.2. The molecule has 4 heteroatoms. The Labute approximate surface area is 72.9 Å². The maximum absolute atomic E-state index is 11.2. The van der Waals surface area contributed by atoms with Crippen molar-refractivity contribution in [3.05, 3.63) is 30.3 Å². The zero-order valence-electron chi connectivity index (χ0n) is 7.03. The summed E-state index contributed by atoms with van der Waals surface area (Å²) in [6, 6.07) is 8.47. The monoisotopic (exact) mass is 187 g/mol. The molecule has 68 valence electrons. The van der Waals surface area contributed by atoms with Crippen LogP contribution in [0.15, 0.2) is 35.2 Å². The molecule has 0 fully saturated rings. The van der Waals surface area contributed by atoms with E-state index in [9.17, 15) is 8.42 Å². The molecule has 0 bridgehead atoms. The van der Waals surface area contributed by atoms with Gasteiger partial charge in [0.1, 0.15) is 0 Å². The zero-order valence-corrected chi connectivity index (χ0v) is 7.84. The lowest BCUT2D eigenvalue weighted by molar-refractivity contribution is 0.597. The van der Waals surface area contributed by atoms with Gasteiger partial charge in [-0.1, -0.05) is 25.1 Å². The summed E-state index contributed by atoms with van der Waals surface area (Å²) in [5.41, 5.74) is 0. The largest absolute Gasteiger partial charge is 0.344 e.